The van der Waals surface area contributed by atoms with Gasteiger partial charge < -0.3 is 5.11 Å². The summed E-state index contributed by atoms with van der Waals surface area (Å²) >= 11 is 0. The highest BCUT2D eigenvalue weighted by Crippen LogP contribution is 2.19. The van der Waals surface area contributed by atoms with Gasteiger partial charge in [0.2, 0.25) is 0 Å². The molecule has 0 unspecified atom stereocenters. The van der Waals surface area contributed by atoms with Gasteiger partial charge in [-0.2, -0.15) is 0 Å². The summed E-state index contributed by atoms with van der Waals surface area (Å²) in [7, 11) is 0. The number of allylic oxidation sites excluding steroid dienone is 4. The van der Waals surface area contributed by atoms with Gasteiger partial charge in [-0.15, -0.1) is 0 Å². The molecule has 0 aromatic rings. The van der Waals surface area contributed by atoms with Gasteiger partial charge in [0.1, 0.15) is 0 Å². The van der Waals surface area contributed by atoms with E-state index in [2.05, 4.69) is 39.8 Å². The lowest BCUT2D eigenvalue weighted by Crippen LogP contribution is -2.02. The van der Waals surface area contributed by atoms with Crippen molar-refractivity contribution < 1.29 is 9.90 Å². The SMILES string of the molecule is CCCCCCCCC[C@H](C)/C=C(/C)C/C(C)=C/[C@@H](C)CC(=O)O. The summed E-state index contributed by atoms with van der Waals surface area (Å²) in [4.78, 5) is 10.7. The average Bonchev–Trinajstić information content (AvgIpc) is 2.44. The Labute approximate surface area is 150 Å². The van der Waals surface area contributed by atoms with E-state index in [1.165, 1.54) is 62.5 Å². The number of carboxylic acids is 1. The third-order valence-corrected chi connectivity index (χ3v) is 4.46. The van der Waals surface area contributed by atoms with E-state index in [0.29, 0.717) is 5.92 Å². The van der Waals surface area contributed by atoms with Gasteiger partial charge in [0.15, 0.2) is 0 Å². The van der Waals surface area contributed by atoms with Crippen molar-refractivity contribution in [3.8, 4) is 0 Å². The molecule has 0 amide bonds. The topological polar surface area (TPSA) is 37.3 Å². The van der Waals surface area contributed by atoms with Crippen molar-refractivity contribution in [3.63, 3.8) is 0 Å². The first kappa shape index (κ1) is 22.9. The van der Waals surface area contributed by atoms with Gasteiger partial charge in [0, 0.05) is 0 Å². The third kappa shape index (κ3) is 14.5. The highest BCUT2D eigenvalue weighted by Gasteiger charge is 2.06. The minimum absolute atomic E-state index is 0.112. The molecule has 0 saturated heterocycles. The van der Waals surface area contributed by atoms with Gasteiger partial charge in [-0.1, -0.05) is 89.0 Å². The number of aliphatic carboxylic acids is 1. The van der Waals surface area contributed by atoms with Gasteiger partial charge in [-0.25, -0.2) is 0 Å². The molecule has 2 nitrogen and oxygen atoms in total. The van der Waals surface area contributed by atoms with Crippen molar-refractivity contribution in [1.82, 2.24) is 0 Å². The maximum Gasteiger partial charge on any atom is 0.303 e. The van der Waals surface area contributed by atoms with Crippen LogP contribution in [0.2, 0.25) is 0 Å². The van der Waals surface area contributed by atoms with Crippen LogP contribution in [0.25, 0.3) is 0 Å². The zero-order valence-electron chi connectivity index (χ0n) is 16.7. The van der Waals surface area contributed by atoms with E-state index < -0.39 is 5.97 Å². The molecule has 0 heterocycles. The van der Waals surface area contributed by atoms with E-state index in [-0.39, 0.29) is 12.3 Å². The molecule has 0 bridgehead atoms. The zero-order valence-corrected chi connectivity index (χ0v) is 16.7. The van der Waals surface area contributed by atoms with E-state index >= 15 is 0 Å². The number of carbonyl (C=O) groups is 1. The Hall–Kier alpha value is -1.05. The Morgan fingerprint density at radius 1 is 0.875 bits per heavy atom. The third-order valence-electron chi connectivity index (χ3n) is 4.46. The monoisotopic (exact) mass is 336 g/mol. The van der Waals surface area contributed by atoms with Crippen LogP contribution in [0.5, 0.6) is 0 Å². The molecule has 0 aromatic heterocycles. The van der Waals surface area contributed by atoms with Crippen molar-refractivity contribution in [3.05, 3.63) is 23.3 Å². The Kier molecular flexibility index (Phi) is 13.7. The molecule has 0 aliphatic rings. The van der Waals surface area contributed by atoms with E-state index in [4.69, 9.17) is 5.11 Å². The Morgan fingerprint density at radius 2 is 1.38 bits per heavy atom. The molecule has 2 atom stereocenters. The molecular weight excluding hydrogens is 296 g/mol. The predicted octanol–water partition coefficient (Wildman–Crippen LogP) is 7.16. The van der Waals surface area contributed by atoms with Gasteiger partial charge in [0.25, 0.3) is 0 Å². The summed E-state index contributed by atoms with van der Waals surface area (Å²) in [6, 6.07) is 0. The van der Waals surface area contributed by atoms with Gasteiger partial charge in [0.05, 0.1) is 6.42 Å². The number of unbranched alkanes of at least 4 members (excludes halogenated alkanes) is 6. The van der Waals surface area contributed by atoms with Crippen LogP contribution in [0, 0.1) is 11.8 Å². The molecule has 2 heteroatoms. The van der Waals surface area contributed by atoms with Crippen molar-refractivity contribution in [2.75, 3.05) is 0 Å². The predicted molar refractivity (Wildman–Crippen MR) is 105 cm³/mol. The van der Waals surface area contributed by atoms with Crippen LogP contribution < -0.4 is 0 Å². The molecule has 0 aliphatic carbocycles. The second-order valence-electron chi connectivity index (χ2n) is 7.67. The quantitative estimate of drug-likeness (QED) is 0.270. The van der Waals surface area contributed by atoms with Gasteiger partial charge in [-0.05, 0) is 38.5 Å². The number of carboxylic acid groups (broad SMARTS) is 1. The minimum atomic E-state index is -0.720. The molecule has 0 aromatic carbocycles. The van der Waals surface area contributed by atoms with Crippen molar-refractivity contribution in [1.29, 1.82) is 0 Å². The first-order valence-corrected chi connectivity index (χ1v) is 9.91. The lowest BCUT2D eigenvalue weighted by atomic mass is 9.96. The van der Waals surface area contributed by atoms with Gasteiger partial charge in [-0.3, -0.25) is 4.79 Å². The maximum atomic E-state index is 10.7. The van der Waals surface area contributed by atoms with E-state index in [1.54, 1.807) is 0 Å². The summed E-state index contributed by atoms with van der Waals surface area (Å²) in [5.41, 5.74) is 2.68. The maximum absolute atomic E-state index is 10.7. The number of rotatable bonds is 14. The molecule has 0 aliphatic heterocycles. The molecular formula is C22H40O2. The van der Waals surface area contributed by atoms with Gasteiger partial charge >= 0.3 is 5.97 Å². The number of hydrogen-bond acceptors (Lipinski definition) is 1. The fraction of sp³-hybridized carbons (Fsp3) is 0.773. The molecule has 140 valence electrons. The largest absolute Gasteiger partial charge is 0.481 e. The zero-order chi connectivity index (χ0) is 18.4. The Balaban J connectivity index is 4.01. The Morgan fingerprint density at radius 3 is 1.92 bits per heavy atom. The summed E-state index contributed by atoms with van der Waals surface area (Å²) in [6.07, 6.45) is 16.6. The molecule has 0 rings (SSSR count). The lowest BCUT2D eigenvalue weighted by Gasteiger charge is -2.10. The molecule has 0 saturated carbocycles. The van der Waals surface area contributed by atoms with Crippen LogP contribution >= 0.6 is 0 Å². The highest BCUT2D eigenvalue weighted by atomic mass is 16.4. The molecule has 24 heavy (non-hydrogen) atoms. The lowest BCUT2D eigenvalue weighted by molar-refractivity contribution is -0.137. The fourth-order valence-electron chi connectivity index (χ4n) is 3.37. The summed E-state index contributed by atoms with van der Waals surface area (Å²) in [5.74, 6) is 0.0347. The van der Waals surface area contributed by atoms with Crippen LogP contribution in [0.4, 0.5) is 0 Å². The first-order chi connectivity index (χ1) is 11.3. The smallest absolute Gasteiger partial charge is 0.303 e. The van der Waals surface area contributed by atoms with Crippen LogP contribution in [0.1, 0.15) is 98.8 Å². The second-order valence-corrected chi connectivity index (χ2v) is 7.67. The summed E-state index contributed by atoms with van der Waals surface area (Å²) in [5, 5.41) is 8.82. The summed E-state index contributed by atoms with van der Waals surface area (Å²) in [6.45, 7) is 10.9. The van der Waals surface area contributed by atoms with Crippen molar-refractivity contribution in [2.24, 2.45) is 11.8 Å². The second kappa shape index (κ2) is 14.3. The molecule has 0 fully saturated rings. The molecule has 1 N–H and O–H groups in total. The minimum Gasteiger partial charge on any atom is -0.481 e. The van der Waals surface area contributed by atoms with E-state index in [1.807, 2.05) is 6.92 Å². The average molecular weight is 337 g/mol. The van der Waals surface area contributed by atoms with Crippen molar-refractivity contribution >= 4 is 5.97 Å². The van der Waals surface area contributed by atoms with Crippen LogP contribution in [0.3, 0.4) is 0 Å². The van der Waals surface area contributed by atoms with Crippen LogP contribution in [-0.2, 0) is 4.79 Å². The molecule has 0 spiro atoms. The Bertz CT molecular complexity index is 393. The first-order valence-electron chi connectivity index (χ1n) is 9.91. The standard InChI is InChI=1S/C22H40O2/c1-6-7-8-9-10-11-12-13-18(2)14-19(3)15-20(4)16-21(5)17-22(23)24/h14,16,18,21H,6-13,15,17H2,1-5H3,(H,23,24)/b19-14-,20-16+/t18-,21+/m0/s1. The van der Waals surface area contributed by atoms with E-state index in [9.17, 15) is 4.79 Å². The highest BCUT2D eigenvalue weighted by molar-refractivity contribution is 5.67. The van der Waals surface area contributed by atoms with Crippen molar-refractivity contribution in [2.45, 2.75) is 98.8 Å². The molecule has 0 radical (unpaired) electrons. The van der Waals surface area contributed by atoms with Crippen LogP contribution in [0.15, 0.2) is 23.3 Å². The fourth-order valence-corrected chi connectivity index (χ4v) is 3.37. The summed E-state index contributed by atoms with van der Waals surface area (Å²) < 4.78 is 0. The van der Waals surface area contributed by atoms with E-state index in [0.717, 1.165) is 6.42 Å². The number of hydrogen-bond donors (Lipinski definition) is 1. The van der Waals surface area contributed by atoms with Crippen LogP contribution in [-0.4, -0.2) is 11.1 Å². The normalized spacial score (nSPS) is 15.4.